The molecule has 0 saturated heterocycles. The number of benzene rings is 1. The third kappa shape index (κ3) is 5.56. The molecule has 0 spiro atoms. The molecule has 0 aliphatic heterocycles. The van der Waals surface area contributed by atoms with Crippen molar-refractivity contribution >= 4 is 29.9 Å². The summed E-state index contributed by atoms with van der Waals surface area (Å²) in [5.41, 5.74) is 7.07. The Hall–Kier alpha value is -0.980. The van der Waals surface area contributed by atoms with Crippen molar-refractivity contribution in [1.29, 1.82) is 0 Å². The Morgan fingerprint density at radius 3 is 2.90 bits per heavy atom. The number of nitrogens with two attached hydrogens (primary N) is 1. The normalized spacial score (nSPS) is 15.2. The number of aliphatic imine (C=N–C) groups is 1. The molecule has 2 rings (SSSR count). The summed E-state index contributed by atoms with van der Waals surface area (Å²) in [6, 6.07) is 8.09. The minimum atomic E-state index is 0. The zero-order valence-corrected chi connectivity index (χ0v) is 14.3. The van der Waals surface area contributed by atoms with E-state index in [1.54, 1.807) is 7.11 Å². The lowest BCUT2D eigenvalue weighted by molar-refractivity contribution is 0.326. The van der Waals surface area contributed by atoms with Crippen LogP contribution in [0.25, 0.3) is 0 Å². The highest BCUT2D eigenvalue weighted by Crippen LogP contribution is 2.26. The standard InChI is InChI=1S/C15H23N3O.HI/c1-19-14-7-3-4-12(10-14)8-9-17-15(16)18-11-13-5-2-6-13;/h3-4,7,10,13H,2,5-6,8-9,11H2,1H3,(H3,16,17,18);1H. The van der Waals surface area contributed by atoms with E-state index in [2.05, 4.69) is 16.4 Å². The maximum Gasteiger partial charge on any atom is 0.188 e. The monoisotopic (exact) mass is 389 g/mol. The quantitative estimate of drug-likeness (QED) is 0.447. The highest BCUT2D eigenvalue weighted by Gasteiger charge is 2.16. The van der Waals surface area contributed by atoms with Crippen LogP contribution in [0.2, 0.25) is 0 Å². The number of guanidine groups is 1. The first kappa shape index (κ1) is 17.1. The molecule has 0 radical (unpaired) electrons. The van der Waals surface area contributed by atoms with Crippen molar-refractivity contribution in [2.24, 2.45) is 16.6 Å². The minimum absolute atomic E-state index is 0. The second-order valence-electron chi connectivity index (χ2n) is 5.05. The van der Waals surface area contributed by atoms with Crippen molar-refractivity contribution in [1.82, 2.24) is 5.32 Å². The fourth-order valence-electron chi connectivity index (χ4n) is 2.12. The van der Waals surface area contributed by atoms with Gasteiger partial charge in [-0.2, -0.15) is 0 Å². The maximum absolute atomic E-state index is 5.84. The van der Waals surface area contributed by atoms with Crippen LogP contribution < -0.4 is 15.8 Å². The van der Waals surface area contributed by atoms with Crippen LogP contribution in [0.15, 0.2) is 29.3 Å². The van der Waals surface area contributed by atoms with Crippen molar-refractivity contribution in [2.75, 3.05) is 20.2 Å². The summed E-state index contributed by atoms with van der Waals surface area (Å²) in [5, 5.41) is 3.16. The number of nitrogens with zero attached hydrogens (tertiary/aromatic N) is 1. The lowest BCUT2D eigenvalue weighted by Gasteiger charge is -2.23. The molecule has 1 aliphatic rings. The van der Waals surface area contributed by atoms with Crippen molar-refractivity contribution in [3.05, 3.63) is 29.8 Å². The van der Waals surface area contributed by atoms with Crippen molar-refractivity contribution in [3.63, 3.8) is 0 Å². The predicted molar refractivity (Wildman–Crippen MR) is 93.9 cm³/mol. The van der Waals surface area contributed by atoms with Gasteiger partial charge in [0.1, 0.15) is 5.75 Å². The second kappa shape index (κ2) is 9.05. The number of ether oxygens (including phenoxy) is 1. The average molecular weight is 389 g/mol. The topological polar surface area (TPSA) is 59.6 Å². The lowest BCUT2D eigenvalue weighted by Crippen LogP contribution is -2.34. The van der Waals surface area contributed by atoms with Crippen LogP contribution in [-0.2, 0) is 6.42 Å². The zero-order valence-electron chi connectivity index (χ0n) is 12.0. The third-order valence-electron chi connectivity index (χ3n) is 3.60. The van der Waals surface area contributed by atoms with Crippen molar-refractivity contribution < 1.29 is 4.74 Å². The van der Waals surface area contributed by atoms with E-state index >= 15 is 0 Å². The van der Waals surface area contributed by atoms with Crippen LogP contribution in [0.3, 0.4) is 0 Å². The summed E-state index contributed by atoms with van der Waals surface area (Å²) in [6.45, 7) is 1.67. The average Bonchev–Trinajstić information content (AvgIpc) is 2.37. The summed E-state index contributed by atoms with van der Waals surface area (Å²) in [4.78, 5) is 4.37. The smallest absolute Gasteiger partial charge is 0.188 e. The first-order chi connectivity index (χ1) is 9.28. The molecule has 0 heterocycles. The summed E-state index contributed by atoms with van der Waals surface area (Å²) >= 11 is 0. The minimum Gasteiger partial charge on any atom is -0.497 e. The van der Waals surface area contributed by atoms with Crippen LogP contribution in [0.4, 0.5) is 0 Å². The zero-order chi connectivity index (χ0) is 13.5. The molecule has 112 valence electrons. The van der Waals surface area contributed by atoms with E-state index in [0.717, 1.165) is 31.2 Å². The van der Waals surface area contributed by atoms with Gasteiger partial charge in [0.25, 0.3) is 0 Å². The molecule has 0 atom stereocenters. The molecule has 1 aromatic carbocycles. The molecule has 1 aliphatic carbocycles. The first-order valence-corrected chi connectivity index (χ1v) is 6.94. The van der Waals surface area contributed by atoms with Crippen molar-refractivity contribution in [2.45, 2.75) is 25.7 Å². The van der Waals surface area contributed by atoms with Crippen molar-refractivity contribution in [3.8, 4) is 5.75 Å². The lowest BCUT2D eigenvalue weighted by atomic mass is 9.86. The molecule has 3 N–H and O–H groups in total. The molecule has 1 saturated carbocycles. The number of rotatable bonds is 6. The predicted octanol–water partition coefficient (Wildman–Crippen LogP) is 2.56. The largest absolute Gasteiger partial charge is 0.497 e. The van der Waals surface area contributed by atoms with E-state index in [9.17, 15) is 0 Å². The van der Waals surface area contributed by atoms with Gasteiger partial charge in [-0.25, -0.2) is 0 Å². The van der Waals surface area contributed by atoms with Gasteiger partial charge < -0.3 is 15.8 Å². The Kier molecular flexibility index (Phi) is 7.72. The molecule has 0 amide bonds. The van der Waals surface area contributed by atoms with Crippen LogP contribution >= 0.6 is 24.0 Å². The maximum atomic E-state index is 5.84. The Morgan fingerprint density at radius 1 is 1.45 bits per heavy atom. The van der Waals surface area contributed by atoms with Gasteiger partial charge in [0, 0.05) is 13.1 Å². The number of halogens is 1. The van der Waals surface area contributed by atoms with E-state index in [-0.39, 0.29) is 24.0 Å². The second-order valence-corrected chi connectivity index (χ2v) is 5.05. The van der Waals surface area contributed by atoms with Gasteiger partial charge in [0.2, 0.25) is 0 Å². The molecular formula is C15H24IN3O. The molecule has 1 aromatic rings. The Balaban J connectivity index is 0.00000200. The molecule has 5 heteroatoms. The molecule has 0 bridgehead atoms. The van der Waals surface area contributed by atoms with Gasteiger partial charge in [0.15, 0.2) is 5.96 Å². The fraction of sp³-hybridized carbons (Fsp3) is 0.533. The third-order valence-corrected chi connectivity index (χ3v) is 3.60. The Morgan fingerprint density at radius 2 is 2.25 bits per heavy atom. The summed E-state index contributed by atoms with van der Waals surface area (Å²) in [7, 11) is 1.68. The van der Waals surface area contributed by atoms with Crippen LogP contribution in [0.5, 0.6) is 5.75 Å². The van der Waals surface area contributed by atoms with Gasteiger partial charge in [-0.3, -0.25) is 4.99 Å². The fourth-order valence-corrected chi connectivity index (χ4v) is 2.12. The molecule has 0 unspecified atom stereocenters. The van der Waals surface area contributed by atoms with E-state index < -0.39 is 0 Å². The molecule has 20 heavy (non-hydrogen) atoms. The van der Waals surface area contributed by atoms with E-state index in [1.165, 1.54) is 24.8 Å². The molecule has 0 aromatic heterocycles. The number of hydrogen-bond donors (Lipinski definition) is 2. The van der Waals surface area contributed by atoms with Gasteiger partial charge in [-0.1, -0.05) is 18.6 Å². The van der Waals surface area contributed by atoms with Gasteiger partial charge in [-0.15, -0.1) is 24.0 Å². The Labute approximate surface area is 138 Å². The number of methoxy groups -OCH3 is 1. The highest BCUT2D eigenvalue weighted by atomic mass is 127. The van der Waals surface area contributed by atoms with E-state index in [4.69, 9.17) is 10.5 Å². The molecule has 1 fully saturated rings. The van der Waals surface area contributed by atoms with Gasteiger partial charge in [0.05, 0.1) is 7.11 Å². The summed E-state index contributed by atoms with van der Waals surface area (Å²) in [5.74, 6) is 2.22. The Bertz CT molecular complexity index is 433. The van der Waals surface area contributed by atoms with Crippen LogP contribution in [0, 0.1) is 5.92 Å². The van der Waals surface area contributed by atoms with E-state index in [1.807, 2.05) is 18.2 Å². The van der Waals surface area contributed by atoms with Crippen LogP contribution in [-0.4, -0.2) is 26.2 Å². The first-order valence-electron chi connectivity index (χ1n) is 6.94. The molecular weight excluding hydrogens is 365 g/mol. The summed E-state index contributed by atoms with van der Waals surface area (Å²) in [6.07, 6.45) is 4.88. The number of hydrogen-bond acceptors (Lipinski definition) is 2. The highest BCUT2D eigenvalue weighted by molar-refractivity contribution is 14.0. The van der Waals surface area contributed by atoms with Gasteiger partial charge >= 0.3 is 0 Å². The number of nitrogens with one attached hydrogen (secondary N) is 1. The molecule has 4 nitrogen and oxygen atoms in total. The van der Waals surface area contributed by atoms with E-state index in [0.29, 0.717) is 5.96 Å². The van der Waals surface area contributed by atoms with Gasteiger partial charge in [-0.05, 0) is 42.9 Å². The van der Waals surface area contributed by atoms with Crippen LogP contribution in [0.1, 0.15) is 24.8 Å². The summed E-state index contributed by atoms with van der Waals surface area (Å²) < 4.78 is 5.20. The SMILES string of the molecule is COc1cccc(CCNC(N)=NCC2CCC2)c1.I.